The fourth-order valence-electron chi connectivity index (χ4n) is 1.70. The van der Waals surface area contributed by atoms with Crippen molar-refractivity contribution < 1.29 is 19.0 Å². The van der Waals surface area contributed by atoms with Crippen molar-refractivity contribution in [2.24, 2.45) is 0 Å². The van der Waals surface area contributed by atoms with E-state index in [2.05, 4.69) is 5.32 Å². The summed E-state index contributed by atoms with van der Waals surface area (Å²) >= 11 is 0. The van der Waals surface area contributed by atoms with Crippen LogP contribution in [0.4, 0.5) is 0 Å². The van der Waals surface area contributed by atoms with E-state index in [0.29, 0.717) is 31.1 Å². The van der Waals surface area contributed by atoms with Crippen LogP contribution in [0.5, 0.6) is 5.75 Å². The number of nitrogens with one attached hydrogen (secondary N) is 1. The van der Waals surface area contributed by atoms with Gasteiger partial charge < -0.3 is 19.5 Å². The van der Waals surface area contributed by atoms with E-state index >= 15 is 0 Å². The van der Waals surface area contributed by atoms with Gasteiger partial charge in [0.05, 0.1) is 26.9 Å². The average Bonchev–Trinajstić information content (AvgIpc) is 2.42. The quantitative estimate of drug-likeness (QED) is 0.740. The van der Waals surface area contributed by atoms with Gasteiger partial charge in [0.1, 0.15) is 5.75 Å². The molecule has 0 aliphatic rings. The molecule has 5 nitrogen and oxygen atoms in total. The van der Waals surface area contributed by atoms with Crippen LogP contribution < -0.4 is 10.1 Å². The molecule has 5 heteroatoms. The van der Waals surface area contributed by atoms with Crippen molar-refractivity contribution in [2.45, 2.75) is 26.5 Å². The summed E-state index contributed by atoms with van der Waals surface area (Å²) in [7, 11) is 3.22. The maximum atomic E-state index is 12.0. The standard InChI is InChI=1S/C15H23NO4/c1-11(2)16-15(17)12-5-6-14(19-4)13(9-12)10-20-8-7-18-3/h5-6,9,11H,7-8,10H2,1-4H3,(H,16,17). The Morgan fingerprint density at radius 2 is 2.00 bits per heavy atom. The van der Waals surface area contributed by atoms with Crippen LogP contribution in [0, 0.1) is 0 Å². The highest BCUT2D eigenvalue weighted by Crippen LogP contribution is 2.21. The van der Waals surface area contributed by atoms with Crippen LogP contribution in [-0.4, -0.2) is 39.4 Å². The molecule has 0 heterocycles. The minimum Gasteiger partial charge on any atom is -0.496 e. The molecule has 0 radical (unpaired) electrons. The predicted octanol–water partition coefficient (Wildman–Crippen LogP) is 2.00. The van der Waals surface area contributed by atoms with Crippen LogP contribution in [0.1, 0.15) is 29.8 Å². The Hall–Kier alpha value is -1.59. The summed E-state index contributed by atoms with van der Waals surface area (Å²) in [4.78, 5) is 12.0. The van der Waals surface area contributed by atoms with Gasteiger partial charge in [-0.3, -0.25) is 4.79 Å². The molecule has 20 heavy (non-hydrogen) atoms. The second-order valence-corrected chi connectivity index (χ2v) is 4.70. The molecule has 1 amide bonds. The highest BCUT2D eigenvalue weighted by Gasteiger charge is 2.11. The zero-order valence-corrected chi connectivity index (χ0v) is 12.6. The van der Waals surface area contributed by atoms with Gasteiger partial charge in [0.25, 0.3) is 5.91 Å². The number of carbonyl (C=O) groups is 1. The lowest BCUT2D eigenvalue weighted by molar-refractivity contribution is 0.0607. The van der Waals surface area contributed by atoms with Gasteiger partial charge in [0, 0.05) is 24.3 Å². The molecule has 1 N–H and O–H groups in total. The summed E-state index contributed by atoms with van der Waals surface area (Å²) in [5.41, 5.74) is 1.45. The van der Waals surface area contributed by atoms with Crippen LogP contribution >= 0.6 is 0 Å². The monoisotopic (exact) mass is 281 g/mol. The largest absolute Gasteiger partial charge is 0.496 e. The van der Waals surface area contributed by atoms with Gasteiger partial charge in [-0.15, -0.1) is 0 Å². The van der Waals surface area contributed by atoms with Crippen LogP contribution in [0.15, 0.2) is 18.2 Å². The third-order valence-electron chi connectivity index (χ3n) is 2.65. The van der Waals surface area contributed by atoms with Gasteiger partial charge in [0.15, 0.2) is 0 Å². The Morgan fingerprint density at radius 1 is 1.25 bits per heavy atom. The molecule has 0 saturated carbocycles. The third kappa shape index (κ3) is 5.19. The van der Waals surface area contributed by atoms with Gasteiger partial charge in [0.2, 0.25) is 0 Å². The molecule has 0 aliphatic carbocycles. The number of methoxy groups -OCH3 is 2. The Morgan fingerprint density at radius 3 is 2.60 bits per heavy atom. The van der Waals surface area contributed by atoms with Gasteiger partial charge >= 0.3 is 0 Å². The molecular weight excluding hydrogens is 258 g/mol. The molecule has 0 spiro atoms. The van der Waals surface area contributed by atoms with E-state index in [9.17, 15) is 4.79 Å². The van der Waals surface area contributed by atoms with Gasteiger partial charge in [-0.25, -0.2) is 0 Å². The first kappa shape index (κ1) is 16.5. The van der Waals surface area contributed by atoms with Crippen LogP contribution in [0.2, 0.25) is 0 Å². The van der Waals surface area contributed by atoms with Crippen molar-refractivity contribution in [3.8, 4) is 5.75 Å². The first-order valence-corrected chi connectivity index (χ1v) is 6.63. The fourth-order valence-corrected chi connectivity index (χ4v) is 1.70. The first-order chi connectivity index (χ1) is 9.58. The number of hydrogen-bond acceptors (Lipinski definition) is 4. The molecule has 1 aromatic rings. The summed E-state index contributed by atoms with van der Waals surface area (Å²) in [6.45, 7) is 5.28. The topological polar surface area (TPSA) is 56.8 Å². The van der Waals surface area contributed by atoms with Crippen molar-refractivity contribution in [3.05, 3.63) is 29.3 Å². The second-order valence-electron chi connectivity index (χ2n) is 4.70. The zero-order valence-electron chi connectivity index (χ0n) is 12.6. The molecule has 1 aromatic carbocycles. The molecule has 1 rings (SSSR count). The van der Waals surface area contributed by atoms with Gasteiger partial charge in [-0.05, 0) is 32.0 Å². The zero-order chi connectivity index (χ0) is 15.0. The normalized spacial score (nSPS) is 10.7. The molecular formula is C15H23NO4. The Bertz CT molecular complexity index is 432. The van der Waals surface area contributed by atoms with Crippen molar-refractivity contribution >= 4 is 5.91 Å². The molecule has 0 aliphatic heterocycles. The highest BCUT2D eigenvalue weighted by atomic mass is 16.5. The van der Waals surface area contributed by atoms with E-state index in [1.165, 1.54) is 0 Å². The minimum atomic E-state index is -0.0965. The Labute approximate surface area is 120 Å². The molecule has 0 fully saturated rings. The number of amides is 1. The third-order valence-corrected chi connectivity index (χ3v) is 2.65. The molecule has 112 valence electrons. The lowest BCUT2D eigenvalue weighted by Crippen LogP contribution is -2.30. The van der Waals surface area contributed by atoms with Crippen molar-refractivity contribution in [1.82, 2.24) is 5.32 Å². The number of benzene rings is 1. The minimum absolute atomic E-state index is 0.0965. The van der Waals surface area contributed by atoms with E-state index in [1.807, 2.05) is 13.8 Å². The smallest absolute Gasteiger partial charge is 0.251 e. The number of hydrogen-bond donors (Lipinski definition) is 1. The highest BCUT2D eigenvalue weighted by molar-refractivity contribution is 5.94. The van der Waals surface area contributed by atoms with Gasteiger partial charge in [-0.2, -0.15) is 0 Å². The van der Waals surface area contributed by atoms with Crippen LogP contribution in [0.3, 0.4) is 0 Å². The maximum absolute atomic E-state index is 12.0. The predicted molar refractivity (Wildman–Crippen MR) is 77.1 cm³/mol. The number of ether oxygens (including phenoxy) is 3. The summed E-state index contributed by atoms with van der Waals surface area (Å²) in [5.74, 6) is 0.615. The molecule has 0 aromatic heterocycles. The SMILES string of the molecule is COCCOCc1cc(C(=O)NC(C)C)ccc1OC. The summed E-state index contributed by atoms with van der Waals surface area (Å²) in [5, 5.41) is 2.86. The lowest BCUT2D eigenvalue weighted by atomic mass is 10.1. The second kappa shape index (κ2) is 8.55. The van der Waals surface area contributed by atoms with E-state index in [1.54, 1.807) is 32.4 Å². The average molecular weight is 281 g/mol. The van der Waals surface area contributed by atoms with Crippen LogP contribution in [-0.2, 0) is 16.1 Å². The first-order valence-electron chi connectivity index (χ1n) is 6.63. The molecule has 0 unspecified atom stereocenters. The van der Waals surface area contributed by atoms with E-state index < -0.39 is 0 Å². The van der Waals surface area contributed by atoms with E-state index in [0.717, 1.165) is 5.56 Å². The summed E-state index contributed by atoms with van der Waals surface area (Å²) in [6, 6.07) is 5.43. The summed E-state index contributed by atoms with van der Waals surface area (Å²) < 4.78 is 15.7. The maximum Gasteiger partial charge on any atom is 0.251 e. The molecule has 0 bridgehead atoms. The van der Waals surface area contributed by atoms with Crippen molar-refractivity contribution in [1.29, 1.82) is 0 Å². The van der Waals surface area contributed by atoms with Crippen LogP contribution in [0.25, 0.3) is 0 Å². The molecule has 0 saturated heterocycles. The Balaban J connectivity index is 2.77. The van der Waals surface area contributed by atoms with E-state index in [-0.39, 0.29) is 11.9 Å². The lowest BCUT2D eigenvalue weighted by Gasteiger charge is -2.12. The number of rotatable bonds is 8. The van der Waals surface area contributed by atoms with E-state index in [4.69, 9.17) is 14.2 Å². The Kier molecular flexibility index (Phi) is 7.04. The molecule has 0 atom stereocenters. The summed E-state index contributed by atoms with van der Waals surface area (Å²) in [6.07, 6.45) is 0. The van der Waals surface area contributed by atoms with Crippen molar-refractivity contribution in [2.75, 3.05) is 27.4 Å². The fraction of sp³-hybridized carbons (Fsp3) is 0.533. The van der Waals surface area contributed by atoms with Crippen molar-refractivity contribution in [3.63, 3.8) is 0 Å². The van der Waals surface area contributed by atoms with Gasteiger partial charge in [-0.1, -0.05) is 0 Å². The number of carbonyl (C=O) groups excluding carboxylic acids is 1.